The normalized spacial score (nSPS) is 11.1. The Bertz CT molecular complexity index is 515. The van der Waals surface area contributed by atoms with Gasteiger partial charge in [-0.05, 0) is 24.8 Å². The summed E-state index contributed by atoms with van der Waals surface area (Å²) in [6, 6.07) is 10.9. The second kappa shape index (κ2) is 26.3. The van der Waals surface area contributed by atoms with E-state index >= 15 is 0 Å². The lowest BCUT2D eigenvalue weighted by molar-refractivity contribution is 0.515. The van der Waals surface area contributed by atoms with Crippen LogP contribution in [0.2, 0.25) is 0 Å². The molecule has 2 nitrogen and oxygen atoms in total. The number of aryl methyl sites for hydroxylation is 1. The van der Waals surface area contributed by atoms with Crippen molar-refractivity contribution in [2.75, 3.05) is 6.54 Å². The topological polar surface area (TPSA) is 29.1 Å². The zero-order valence-corrected chi connectivity index (χ0v) is 22.5. The van der Waals surface area contributed by atoms with E-state index < -0.39 is 0 Å². The lowest BCUT2D eigenvalue weighted by atomic mass is 10.0. The molecule has 0 aliphatic heterocycles. The van der Waals surface area contributed by atoms with Crippen molar-refractivity contribution < 1.29 is 4.79 Å². The van der Waals surface area contributed by atoms with E-state index in [0.29, 0.717) is 0 Å². The van der Waals surface area contributed by atoms with E-state index in [1.165, 1.54) is 153 Å². The Balaban J connectivity index is 1.64. The molecule has 0 heterocycles. The molecule has 0 aliphatic rings. The van der Waals surface area contributed by atoms with E-state index in [1.54, 1.807) is 6.41 Å². The second-order valence-corrected chi connectivity index (χ2v) is 10.4. The van der Waals surface area contributed by atoms with Crippen molar-refractivity contribution in [3.63, 3.8) is 0 Å². The first kappa shape index (κ1) is 30.7. The third-order valence-corrected chi connectivity index (χ3v) is 7.18. The van der Waals surface area contributed by atoms with Crippen molar-refractivity contribution in [1.82, 2.24) is 5.32 Å². The number of carbonyl (C=O) groups excluding carboxylic acids is 1. The van der Waals surface area contributed by atoms with Crippen LogP contribution in [0.4, 0.5) is 0 Å². The summed E-state index contributed by atoms with van der Waals surface area (Å²) in [7, 11) is 0. The molecule has 0 aromatic heterocycles. The molecular formula is C32H56NO. The summed E-state index contributed by atoms with van der Waals surface area (Å²) in [5, 5.41) is 2.61. The number of unbranched alkanes of at least 4 members (excludes halogenated alkanes) is 22. The fourth-order valence-corrected chi connectivity index (χ4v) is 4.95. The van der Waals surface area contributed by atoms with Crippen LogP contribution in [0.25, 0.3) is 0 Å². The number of amides is 1. The van der Waals surface area contributed by atoms with Crippen LogP contribution < -0.4 is 5.32 Å². The van der Waals surface area contributed by atoms with Gasteiger partial charge < -0.3 is 5.32 Å². The van der Waals surface area contributed by atoms with Crippen molar-refractivity contribution in [2.45, 2.75) is 154 Å². The van der Waals surface area contributed by atoms with Crippen molar-refractivity contribution in [2.24, 2.45) is 0 Å². The third-order valence-electron chi connectivity index (χ3n) is 7.18. The average Bonchev–Trinajstić information content (AvgIpc) is 2.87. The second-order valence-electron chi connectivity index (χ2n) is 10.4. The maximum atomic E-state index is 10.0. The highest BCUT2D eigenvalue weighted by molar-refractivity contribution is 5.46. The molecule has 2 heteroatoms. The van der Waals surface area contributed by atoms with Crippen molar-refractivity contribution in [3.05, 3.63) is 35.9 Å². The van der Waals surface area contributed by atoms with E-state index in [0.717, 1.165) is 13.0 Å². The molecule has 0 atom stereocenters. The zero-order chi connectivity index (χ0) is 24.2. The number of hydrogen-bond donors (Lipinski definition) is 1. The molecule has 0 aliphatic carbocycles. The number of rotatable bonds is 27. The summed E-state index contributed by atoms with van der Waals surface area (Å²) >= 11 is 0. The largest absolute Gasteiger partial charge is 0.348 e. The summed E-state index contributed by atoms with van der Waals surface area (Å²) in [6.07, 6.45) is 35.3. The number of benzene rings is 1. The Kier molecular flexibility index (Phi) is 23.8. The minimum Gasteiger partial charge on any atom is -0.348 e. The Morgan fingerprint density at radius 3 is 1.12 bits per heavy atom. The van der Waals surface area contributed by atoms with Gasteiger partial charge >= 0.3 is 6.41 Å². The van der Waals surface area contributed by atoms with Crippen LogP contribution >= 0.6 is 0 Å². The number of nitrogens with one attached hydrogen (secondary N) is 1. The van der Waals surface area contributed by atoms with Gasteiger partial charge in [0.2, 0.25) is 0 Å². The monoisotopic (exact) mass is 470 g/mol. The van der Waals surface area contributed by atoms with Crippen LogP contribution in [0.15, 0.2) is 30.3 Å². The molecule has 1 rings (SSSR count). The van der Waals surface area contributed by atoms with Gasteiger partial charge in [-0.3, -0.25) is 4.79 Å². The molecule has 0 saturated carbocycles. The van der Waals surface area contributed by atoms with Gasteiger partial charge in [0.1, 0.15) is 0 Å². The van der Waals surface area contributed by atoms with Gasteiger partial charge in [-0.2, -0.15) is 0 Å². The first-order valence-corrected chi connectivity index (χ1v) is 15.1. The first-order valence-electron chi connectivity index (χ1n) is 15.1. The van der Waals surface area contributed by atoms with Gasteiger partial charge in [-0.15, -0.1) is 0 Å². The van der Waals surface area contributed by atoms with Crippen molar-refractivity contribution >= 4 is 6.41 Å². The van der Waals surface area contributed by atoms with Gasteiger partial charge in [-0.25, -0.2) is 0 Å². The van der Waals surface area contributed by atoms with Crippen LogP contribution in [0.1, 0.15) is 153 Å². The maximum absolute atomic E-state index is 10.0. The fraction of sp³-hybridized carbons (Fsp3) is 0.781. The first-order chi connectivity index (χ1) is 16.9. The van der Waals surface area contributed by atoms with Gasteiger partial charge in [0.05, 0.1) is 0 Å². The highest BCUT2D eigenvalue weighted by Gasteiger charge is 1.97. The van der Waals surface area contributed by atoms with E-state index in [2.05, 4.69) is 35.6 Å². The smallest absolute Gasteiger partial charge is 0.309 e. The maximum Gasteiger partial charge on any atom is 0.309 e. The zero-order valence-electron chi connectivity index (χ0n) is 22.5. The predicted molar refractivity (Wildman–Crippen MR) is 150 cm³/mol. The summed E-state index contributed by atoms with van der Waals surface area (Å²) in [6.45, 7) is 0.792. The molecule has 34 heavy (non-hydrogen) atoms. The van der Waals surface area contributed by atoms with Gasteiger partial charge in [0, 0.05) is 6.54 Å². The molecular weight excluding hydrogens is 414 g/mol. The van der Waals surface area contributed by atoms with Crippen LogP contribution in [-0.2, 0) is 11.2 Å². The predicted octanol–water partition coefficient (Wildman–Crippen LogP) is 9.86. The summed E-state index contributed by atoms with van der Waals surface area (Å²) < 4.78 is 0. The van der Waals surface area contributed by atoms with Crippen LogP contribution in [0, 0.1) is 0 Å². The Labute approximate surface area is 213 Å². The highest BCUT2D eigenvalue weighted by atomic mass is 16.1. The quantitative estimate of drug-likeness (QED) is 0.101. The Hall–Kier alpha value is -1.31. The minimum atomic E-state index is 0.792. The molecule has 1 amide bonds. The van der Waals surface area contributed by atoms with Crippen molar-refractivity contribution in [1.29, 1.82) is 0 Å². The van der Waals surface area contributed by atoms with Crippen LogP contribution in [0.5, 0.6) is 0 Å². The molecule has 1 aromatic carbocycles. The molecule has 0 saturated heterocycles. The third kappa shape index (κ3) is 22.5. The fourth-order valence-electron chi connectivity index (χ4n) is 4.95. The molecule has 1 N–H and O–H groups in total. The molecule has 0 unspecified atom stereocenters. The van der Waals surface area contributed by atoms with E-state index in [-0.39, 0.29) is 0 Å². The van der Waals surface area contributed by atoms with E-state index in [1.807, 2.05) is 0 Å². The molecule has 1 radical (unpaired) electrons. The lowest BCUT2D eigenvalue weighted by Crippen LogP contribution is -2.11. The summed E-state index contributed by atoms with van der Waals surface area (Å²) in [4.78, 5) is 10.0. The molecule has 0 bridgehead atoms. The molecule has 1 aromatic rings. The average molecular weight is 471 g/mol. The minimum absolute atomic E-state index is 0.792. The Morgan fingerprint density at radius 1 is 0.441 bits per heavy atom. The van der Waals surface area contributed by atoms with Gasteiger partial charge in [0.15, 0.2) is 0 Å². The molecule has 195 valence electrons. The van der Waals surface area contributed by atoms with Crippen molar-refractivity contribution in [3.8, 4) is 0 Å². The number of hydrogen-bond acceptors (Lipinski definition) is 1. The Morgan fingerprint density at radius 2 is 0.765 bits per heavy atom. The standard InChI is InChI=1S/C32H56NO/c34-31-33-30-26-21-19-17-15-13-11-9-7-5-3-1-2-4-6-8-10-12-14-16-18-20-23-27-32-28-24-22-25-29-32/h22,24-25,28-29H,1-21,23,26-27,30H2,(H,33,34). The molecule has 0 spiro atoms. The molecule has 0 fully saturated rings. The van der Waals surface area contributed by atoms with Gasteiger partial charge in [-0.1, -0.05) is 165 Å². The summed E-state index contributed by atoms with van der Waals surface area (Å²) in [5.41, 5.74) is 1.50. The summed E-state index contributed by atoms with van der Waals surface area (Å²) in [5.74, 6) is 0. The SMILES string of the molecule is O=[C]NCCCCCCCCCCCCCCCCCCCCCCCCCc1ccccc1. The van der Waals surface area contributed by atoms with Crippen LogP contribution in [0.3, 0.4) is 0 Å². The van der Waals surface area contributed by atoms with Gasteiger partial charge in [0.25, 0.3) is 0 Å². The van der Waals surface area contributed by atoms with E-state index in [4.69, 9.17) is 0 Å². The van der Waals surface area contributed by atoms with Crippen LogP contribution in [-0.4, -0.2) is 13.0 Å². The highest BCUT2D eigenvalue weighted by Crippen LogP contribution is 2.15. The lowest BCUT2D eigenvalue weighted by Gasteiger charge is -2.04. The van der Waals surface area contributed by atoms with E-state index in [9.17, 15) is 4.79 Å².